The molecule has 2 rings (SSSR count). The van der Waals surface area contributed by atoms with Crippen molar-refractivity contribution in [3.63, 3.8) is 0 Å². The Morgan fingerprint density at radius 2 is 2.05 bits per heavy atom. The summed E-state index contributed by atoms with van der Waals surface area (Å²) >= 11 is 0. The number of carbonyl (C=O) groups excluding carboxylic acids is 1. The molecule has 1 aromatic heterocycles. The van der Waals surface area contributed by atoms with E-state index in [1.165, 1.54) is 0 Å². The van der Waals surface area contributed by atoms with Crippen molar-refractivity contribution in [1.29, 1.82) is 0 Å². The zero-order valence-corrected chi connectivity index (χ0v) is 12.2. The first-order chi connectivity index (χ1) is 8.92. The molecule has 0 spiro atoms. The van der Waals surface area contributed by atoms with Gasteiger partial charge in [0.25, 0.3) is 5.91 Å². The summed E-state index contributed by atoms with van der Waals surface area (Å²) < 4.78 is 0. The third-order valence-corrected chi connectivity index (χ3v) is 3.88. The van der Waals surface area contributed by atoms with Gasteiger partial charge in [0.15, 0.2) is 0 Å². The Labute approximate surface area is 115 Å². The minimum Gasteiger partial charge on any atom is -0.331 e. The molecule has 1 unspecified atom stereocenters. The number of nitrogens with zero attached hydrogens (tertiary/aromatic N) is 2. The van der Waals surface area contributed by atoms with Gasteiger partial charge < -0.3 is 10.2 Å². The summed E-state index contributed by atoms with van der Waals surface area (Å²) in [7, 11) is 0. The van der Waals surface area contributed by atoms with E-state index in [9.17, 15) is 4.79 Å². The molecule has 0 bridgehead atoms. The molecule has 0 saturated carbocycles. The highest BCUT2D eigenvalue weighted by molar-refractivity contribution is 5.94. The van der Waals surface area contributed by atoms with Crippen LogP contribution in [0, 0.1) is 5.92 Å². The predicted molar refractivity (Wildman–Crippen MR) is 76.0 cm³/mol. The van der Waals surface area contributed by atoms with Gasteiger partial charge in [-0.15, -0.1) is 0 Å². The van der Waals surface area contributed by atoms with Crippen LogP contribution in [0.15, 0.2) is 24.5 Å². The number of piperazine rings is 1. The lowest BCUT2D eigenvalue weighted by atomic mass is 9.92. The van der Waals surface area contributed by atoms with E-state index in [-0.39, 0.29) is 11.4 Å². The van der Waals surface area contributed by atoms with E-state index >= 15 is 0 Å². The molecule has 1 aliphatic heterocycles. The van der Waals surface area contributed by atoms with Gasteiger partial charge in [0.2, 0.25) is 0 Å². The zero-order chi connectivity index (χ0) is 14.0. The van der Waals surface area contributed by atoms with Crippen LogP contribution < -0.4 is 5.32 Å². The van der Waals surface area contributed by atoms with Crippen LogP contribution in [0.2, 0.25) is 0 Å². The van der Waals surface area contributed by atoms with Gasteiger partial charge >= 0.3 is 0 Å². The molecule has 0 radical (unpaired) electrons. The van der Waals surface area contributed by atoms with Crippen molar-refractivity contribution in [2.75, 3.05) is 13.1 Å². The predicted octanol–water partition coefficient (Wildman–Crippen LogP) is 1.93. The molecular weight excluding hydrogens is 238 g/mol. The maximum atomic E-state index is 12.7. The van der Waals surface area contributed by atoms with Gasteiger partial charge in [-0.2, -0.15) is 0 Å². The molecule has 1 aromatic rings. The van der Waals surface area contributed by atoms with Gasteiger partial charge in [0.05, 0.1) is 5.54 Å². The fourth-order valence-electron chi connectivity index (χ4n) is 2.44. The molecule has 1 saturated heterocycles. The maximum Gasteiger partial charge on any atom is 0.254 e. The van der Waals surface area contributed by atoms with Gasteiger partial charge in [-0.25, -0.2) is 0 Å². The van der Waals surface area contributed by atoms with Gasteiger partial charge in [0, 0.05) is 37.1 Å². The van der Waals surface area contributed by atoms with Gasteiger partial charge in [0.1, 0.15) is 0 Å². The lowest BCUT2D eigenvalue weighted by Crippen LogP contribution is -2.64. The number of nitrogens with one attached hydrogen (secondary N) is 1. The number of hydrogen-bond donors (Lipinski definition) is 1. The molecule has 4 nitrogen and oxygen atoms in total. The summed E-state index contributed by atoms with van der Waals surface area (Å²) in [4.78, 5) is 18.6. The Morgan fingerprint density at radius 1 is 1.42 bits per heavy atom. The monoisotopic (exact) mass is 261 g/mol. The SMILES string of the molecule is CC(C)C1CN(C(=O)c2ccncc2)C(C)(C)CN1. The van der Waals surface area contributed by atoms with Crippen molar-refractivity contribution in [3.8, 4) is 0 Å². The first-order valence-electron chi connectivity index (χ1n) is 6.87. The molecular formula is C15H23N3O. The second kappa shape index (κ2) is 5.29. The largest absolute Gasteiger partial charge is 0.331 e. The third kappa shape index (κ3) is 2.95. The summed E-state index contributed by atoms with van der Waals surface area (Å²) in [6.45, 7) is 10.2. The third-order valence-electron chi connectivity index (χ3n) is 3.88. The van der Waals surface area contributed by atoms with E-state index in [2.05, 4.69) is 38.0 Å². The number of amides is 1. The number of aromatic nitrogens is 1. The van der Waals surface area contributed by atoms with Gasteiger partial charge in [-0.05, 0) is 31.9 Å². The normalized spacial score (nSPS) is 22.6. The molecule has 1 amide bonds. The zero-order valence-electron chi connectivity index (χ0n) is 12.2. The lowest BCUT2D eigenvalue weighted by Gasteiger charge is -2.47. The molecule has 0 aromatic carbocycles. The molecule has 104 valence electrons. The van der Waals surface area contributed by atoms with Crippen LogP contribution in [0.1, 0.15) is 38.1 Å². The minimum atomic E-state index is -0.161. The second-order valence-electron chi connectivity index (χ2n) is 6.20. The van der Waals surface area contributed by atoms with Crippen molar-refractivity contribution in [2.45, 2.75) is 39.3 Å². The lowest BCUT2D eigenvalue weighted by molar-refractivity contribution is 0.0353. The van der Waals surface area contributed by atoms with Crippen LogP contribution in [0.5, 0.6) is 0 Å². The Bertz CT molecular complexity index is 442. The molecule has 2 heterocycles. The van der Waals surface area contributed by atoms with Crippen molar-refractivity contribution >= 4 is 5.91 Å². The van der Waals surface area contributed by atoms with E-state index in [0.717, 1.165) is 13.1 Å². The molecule has 1 aliphatic rings. The van der Waals surface area contributed by atoms with E-state index in [0.29, 0.717) is 17.5 Å². The average molecular weight is 261 g/mol. The number of rotatable bonds is 2. The highest BCUT2D eigenvalue weighted by Gasteiger charge is 2.38. The highest BCUT2D eigenvalue weighted by atomic mass is 16.2. The summed E-state index contributed by atoms with van der Waals surface area (Å²) in [6.07, 6.45) is 3.34. The summed E-state index contributed by atoms with van der Waals surface area (Å²) in [5.41, 5.74) is 0.554. The smallest absolute Gasteiger partial charge is 0.254 e. The topological polar surface area (TPSA) is 45.2 Å². The standard InChI is InChI=1S/C15H23N3O/c1-11(2)13-9-18(15(3,4)10-17-13)14(19)12-5-7-16-8-6-12/h5-8,11,13,17H,9-10H2,1-4H3. The second-order valence-corrected chi connectivity index (χ2v) is 6.20. The molecule has 4 heteroatoms. The first-order valence-corrected chi connectivity index (χ1v) is 6.87. The average Bonchev–Trinajstić information content (AvgIpc) is 2.38. The van der Waals surface area contributed by atoms with Crippen molar-refractivity contribution < 1.29 is 4.79 Å². The van der Waals surface area contributed by atoms with E-state index < -0.39 is 0 Å². The Kier molecular flexibility index (Phi) is 3.90. The molecule has 1 fully saturated rings. The highest BCUT2D eigenvalue weighted by Crippen LogP contribution is 2.23. The van der Waals surface area contributed by atoms with Crippen LogP contribution in [-0.4, -0.2) is 40.5 Å². The van der Waals surface area contributed by atoms with Crippen LogP contribution in [-0.2, 0) is 0 Å². The number of carbonyl (C=O) groups is 1. The van der Waals surface area contributed by atoms with Crippen LogP contribution in [0.4, 0.5) is 0 Å². The van der Waals surface area contributed by atoms with Crippen LogP contribution in [0.3, 0.4) is 0 Å². The van der Waals surface area contributed by atoms with Gasteiger partial charge in [-0.1, -0.05) is 13.8 Å². The Hall–Kier alpha value is -1.42. The van der Waals surface area contributed by atoms with Crippen LogP contribution in [0.25, 0.3) is 0 Å². The van der Waals surface area contributed by atoms with E-state index in [1.54, 1.807) is 24.5 Å². The van der Waals surface area contributed by atoms with Gasteiger partial charge in [-0.3, -0.25) is 9.78 Å². The van der Waals surface area contributed by atoms with E-state index in [1.807, 2.05) is 4.90 Å². The fraction of sp³-hybridized carbons (Fsp3) is 0.600. The summed E-state index contributed by atoms with van der Waals surface area (Å²) in [6, 6.07) is 3.93. The first kappa shape index (κ1) is 14.0. The maximum absolute atomic E-state index is 12.7. The quantitative estimate of drug-likeness (QED) is 0.885. The molecule has 1 atom stereocenters. The van der Waals surface area contributed by atoms with Crippen molar-refractivity contribution in [2.24, 2.45) is 5.92 Å². The molecule has 0 aliphatic carbocycles. The summed E-state index contributed by atoms with van der Waals surface area (Å²) in [5, 5.41) is 3.54. The minimum absolute atomic E-state index is 0.0968. The van der Waals surface area contributed by atoms with Crippen molar-refractivity contribution in [1.82, 2.24) is 15.2 Å². The number of pyridine rings is 1. The van der Waals surface area contributed by atoms with Crippen LogP contribution >= 0.6 is 0 Å². The summed E-state index contributed by atoms with van der Waals surface area (Å²) in [5.74, 6) is 0.614. The number of hydrogen-bond acceptors (Lipinski definition) is 3. The Morgan fingerprint density at radius 3 is 2.63 bits per heavy atom. The Balaban J connectivity index is 2.22. The van der Waals surface area contributed by atoms with E-state index in [4.69, 9.17) is 0 Å². The fourth-order valence-corrected chi connectivity index (χ4v) is 2.44. The molecule has 1 N–H and O–H groups in total. The molecule has 19 heavy (non-hydrogen) atoms. The van der Waals surface area contributed by atoms with Crippen molar-refractivity contribution in [3.05, 3.63) is 30.1 Å².